The van der Waals surface area contributed by atoms with Gasteiger partial charge in [-0.25, -0.2) is 13.1 Å². The average molecular weight is 329 g/mol. The minimum Gasteiger partial charge on any atom is -0.361 e. The highest BCUT2D eigenvalue weighted by molar-refractivity contribution is 7.88. The van der Waals surface area contributed by atoms with Crippen LogP contribution < -0.4 is 4.72 Å². The molecule has 8 heteroatoms. The molecular weight excluding hydrogens is 306 g/mol. The number of piperidine rings is 1. The first-order valence-corrected chi connectivity index (χ1v) is 9.16. The highest BCUT2D eigenvalue weighted by atomic mass is 32.2. The fourth-order valence-corrected chi connectivity index (χ4v) is 3.96. The Hall–Kier alpha value is -1.41. The molecule has 1 aromatic heterocycles. The lowest BCUT2D eigenvalue weighted by atomic mass is 10.0. The second-order valence-electron chi connectivity index (χ2n) is 5.90. The Bertz CT molecular complexity index is 626. The van der Waals surface area contributed by atoms with Crippen molar-refractivity contribution in [3.8, 4) is 0 Å². The van der Waals surface area contributed by atoms with Gasteiger partial charge in [-0.2, -0.15) is 0 Å². The van der Waals surface area contributed by atoms with Gasteiger partial charge in [0, 0.05) is 18.7 Å². The van der Waals surface area contributed by atoms with Gasteiger partial charge < -0.3 is 9.42 Å². The smallest absolute Gasteiger partial charge is 0.240 e. The van der Waals surface area contributed by atoms with Gasteiger partial charge >= 0.3 is 0 Å². The second-order valence-corrected chi connectivity index (χ2v) is 7.66. The minimum absolute atomic E-state index is 0.159. The summed E-state index contributed by atoms with van der Waals surface area (Å²) in [6, 6.07) is 0.947. The summed E-state index contributed by atoms with van der Waals surface area (Å²) in [6.07, 6.45) is 3.04. The highest BCUT2D eigenvalue weighted by Crippen LogP contribution is 2.17. The first-order chi connectivity index (χ1) is 10.3. The Labute approximate surface area is 131 Å². The van der Waals surface area contributed by atoms with E-state index in [1.807, 2.05) is 6.92 Å². The van der Waals surface area contributed by atoms with Crippen molar-refractivity contribution >= 4 is 15.9 Å². The van der Waals surface area contributed by atoms with E-state index in [1.54, 1.807) is 24.8 Å². The van der Waals surface area contributed by atoms with Gasteiger partial charge in [0.1, 0.15) is 17.2 Å². The maximum Gasteiger partial charge on any atom is 0.240 e. The van der Waals surface area contributed by atoms with E-state index in [0.29, 0.717) is 18.0 Å². The van der Waals surface area contributed by atoms with Crippen molar-refractivity contribution in [2.24, 2.45) is 0 Å². The van der Waals surface area contributed by atoms with E-state index in [2.05, 4.69) is 9.88 Å². The lowest BCUT2D eigenvalue weighted by Crippen LogP contribution is -2.51. The van der Waals surface area contributed by atoms with Crippen LogP contribution in [-0.4, -0.2) is 43.0 Å². The second kappa shape index (κ2) is 6.78. The summed E-state index contributed by atoms with van der Waals surface area (Å²) in [7, 11) is -3.64. The summed E-state index contributed by atoms with van der Waals surface area (Å²) in [5, 5.41) is 3.67. The van der Waals surface area contributed by atoms with Gasteiger partial charge in [-0.3, -0.25) is 4.79 Å². The van der Waals surface area contributed by atoms with Gasteiger partial charge in [-0.05, 0) is 40.0 Å². The largest absolute Gasteiger partial charge is 0.361 e. The van der Waals surface area contributed by atoms with Crippen LogP contribution in [-0.2, 0) is 20.6 Å². The van der Waals surface area contributed by atoms with Crippen molar-refractivity contribution < 1.29 is 17.7 Å². The number of hydrogen-bond acceptors (Lipinski definition) is 5. The summed E-state index contributed by atoms with van der Waals surface area (Å²) in [4.78, 5) is 14.2. The van der Waals surface area contributed by atoms with Crippen LogP contribution >= 0.6 is 0 Å². The molecule has 2 heterocycles. The molecule has 0 radical (unpaired) electrons. The average Bonchev–Trinajstić information content (AvgIpc) is 2.82. The molecule has 0 saturated carbocycles. The van der Waals surface area contributed by atoms with Crippen molar-refractivity contribution in [1.29, 1.82) is 0 Å². The molecule has 1 saturated heterocycles. The molecule has 22 heavy (non-hydrogen) atoms. The number of carbonyl (C=O) groups excluding carboxylic acids is 1. The summed E-state index contributed by atoms with van der Waals surface area (Å²) in [6.45, 7) is 5.96. The lowest BCUT2D eigenvalue weighted by Gasteiger charge is -2.35. The molecule has 0 unspecified atom stereocenters. The number of aryl methyl sites for hydroxylation is 1. The topological polar surface area (TPSA) is 92.5 Å². The predicted molar refractivity (Wildman–Crippen MR) is 81.5 cm³/mol. The SMILES string of the molecule is Cc1cc(CS(=O)(=O)N[C@@H](C)C(=O)N2CCCC[C@H]2C)no1. The van der Waals surface area contributed by atoms with Gasteiger partial charge in [0.15, 0.2) is 0 Å². The lowest BCUT2D eigenvalue weighted by molar-refractivity contribution is -0.135. The maximum absolute atomic E-state index is 12.4. The van der Waals surface area contributed by atoms with E-state index in [0.717, 1.165) is 19.3 Å². The van der Waals surface area contributed by atoms with Crippen molar-refractivity contribution in [3.63, 3.8) is 0 Å². The van der Waals surface area contributed by atoms with Crippen LogP contribution in [0.4, 0.5) is 0 Å². The standard InChI is InChI=1S/C14H23N3O4S/c1-10-6-4-5-7-17(10)14(18)12(3)16-22(19,20)9-13-8-11(2)21-15-13/h8,10,12,16H,4-7,9H2,1-3H3/t10-,12+/m1/s1. The zero-order valence-electron chi connectivity index (χ0n) is 13.2. The number of nitrogens with zero attached hydrogens (tertiary/aromatic N) is 2. The van der Waals surface area contributed by atoms with Crippen LogP contribution in [0.15, 0.2) is 10.6 Å². The fourth-order valence-electron chi connectivity index (χ4n) is 2.72. The van der Waals surface area contributed by atoms with Gasteiger partial charge in [-0.15, -0.1) is 0 Å². The van der Waals surface area contributed by atoms with Crippen LogP contribution in [0.25, 0.3) is 0 Å². The highest BCUT2D eigenvalue weighted by Gasteiger charge is 2.29. The number of amides is 1. The molecule has 2 atom stereocenters. The van der Waals surface area contributed by atoms with Gasteiger partial charge in [0.25, 0.3) is 0 Å². The van der Waals surface area contributed by atoms with Crippen LogP contribution in [0.5, 0.6) is 0 Å². The van der Waals surface area contributed by atoms with Crippen molar-refractivity contribution in [1.82, 2.24) is 14.8 Å². The van der Waals surface area contributed by atoms with E-state index >= 15 is 0 Å². The van der Waals surface area contributed by atoms with Crippen molar-refractivity contribution in [3.05, 3.63) is 17.5 Å². The Kier molecular flexibility index (Phi) is 5.23. The molecule has 0 spiro atoms. The van der Waals surface area contributed by atoms with Gasteiger partial charge in [0.05, 0.1) is 6.04 Å². The zero-order valence-corrected chi connectivity index (χ0v) is 14.0. The number of likely N-dealkylation sites (tertiary alicyclic amines) is 1. The fraction of sp³-hybridized carbons (Fsp3) is 0.714. The third-order valence-electron chi connectivity index (χ3n) is 3.83. The monoisotopic (exact) mass is 329 g/mol. The molecule has 1 amide bonds. The van der Waals surface area contributed by atoms with E-state index in [1.165, 1.54) is 0 Å². The molecule has 1 aliphatic heterocycles. The molecule has 0 aliphatic carbocycles. The molecule has 124 valence electrons. The Morgan fingerprint density at radius 1 is 1.55 bits per heavy atom. The van der Waals surface area contributed by atoms with E-state index in [-0.39, 0.29) is 17.7 Å². The van der Waals surface area contributed by atoms with Crippen molar-refractivity contribution in [2.75, 3.05) is 6.54 Å². The zero-order chi connectivity index (χ0) is 16.3. The summed E-state index contributed by atoms with van der Waals surface area (Å²) < 4.78 is 31.5. The Morgan fingerprint density at radius 2 is 2.27 bits per heavy atom. The number of nitrogens with one attached hydrogen (secondary N) is 1. The Morgan fingerprint density at radius 3 is 2.86 bits per heavy atom. The Balaban J connectivity index is 1.97. The molecule has 1 N–H and O–H groups in total. The number of sulfonamides is 1. The van der Waals surface area contributed by atoms with Crippen molar-refractivity contribution in [2.45, 2.75) is 57.9 Å². The van der Waals surface area contributed by atoms with Gasteiger partial charge in [0.2, 0.25) is 15.9 Å². The number of aromatic nitrogens is 1. The molecular formula is C14H23N3O4S. The van der Waals surface area contributed by atoms with E-state index < -0.39 is 16.1 Å². The summed E-state index contributed by atoms with van der Waals surface area (Å²) >= 11 is 0. The van der Waals surface area contributed by atoms with Crippen LogP contribution in [0.1, 0.15) is 44.6 Å². The number of rotatable bonds is 5. The number of carbonyl (C=O) groups is 1. The van der Waals surface area contributed by atoms with Crippen LogP contribution in [0, 0.1) is 6.92 Å². The van der Waals surface area contributed by atoms with E-state index in [4.69, 9.17) is 4.52 Å². The van der Waals surface area contributed by atoms with Gasteiger partial charge in [-0.1, -0.05) is 5.16 Å². The molecule has 1 aromatic rings. The maximum atomic E-state index is 12.4. The first kappa shape index (κ1) is 17.0. The third kappa shape index (κ3) is 4.30. The van der Waals surface area contributed by atoms with E-state index in [9.17, 15) is 13.2 Å². The van der Waals surface area contributed by atoms with Crippen LogP contribution in [0.2, 0.25) is 0 Å². The molecule has 1 aliphatic rings. The third-order valence-corrected chi connectivity index (χ3v) is 5.22. The molecule has 7 nitrogen and oxygen atoms in total. The molecule has 1 fully saturated rings. The summed E-state index contributed by atoms with van der Waals surface area (Å²) in [5.74, 6) is 0.0842. The van der Waals surface area contributed by atoms with Crippen LogP contribution in [0.3, 0.4) is 0 Å². The minimum atomic E-state index is -3.64. The quantitative estimate of drug-likeness (QED) is 0.876. The molecule has 0 aromatic carbocycles. The molecule has 2 rings (SSSR count). The summed E-state index contributed by atoms with van der Waals surface area (Å²) in [5.41, 5.74) is 0.330. The molecule has 0 bridgehead atoms. The predicted octanol–water partition coefficient (Wildman–Crippen LogP) is 1.19. The normalized spacial score (nSPS) is 20.9. The first-order valence-electron chi connectivity index (χ1n) is 7.51. The number of hydrogen-bond donors (Lipinski definition) is 1.